The topological polar surface area (TPSA) is 105 Å². The first-order valence-electron chi connectivity index (χ1n) is 9.33. The van der Waals surface area contributed by atoms with Crippen LogP contribution < -0.4 is 5.32 Å². The zero-order valence-corrected chi connectivity index (χ0v) is 17.7. The molecule has 0 saturated carbocycles. The maximum Gasteiger partial charge on any atom is 0.322 e. The van der Waals surface area contributed by atoms with Crippen LogP contribution in [0.2, 0.25) is 5.02 Å². The van der Waals surface area contributed by atoms with Crippen LogP contribution in [0.1, 0.15) is 18.4 Å². The van der Waals surface area contributed by atoms with Crippen LogP contribution in [0, 0.1) is 6.92 Å². The molecule has 1 fully saturated rings. The Morgan fingerprint density at radius 3 is 2.70 bits per heavy atom. The second-order valence-corrected chi connectivity index (χ2v) is 9.33. The number of halogens is 1. The number of aromatic nitrogens is 2. The summed E-state index contributed by atoms with van der Waals surface area (Å²) in [5, 5.41) is 10.8. The average molecular weight is 447 g/mol. The number of carbonyl (C=O) groups excluding carboxylic acids is 1. The summed E-state index contributed by atoms with van der Waals surface area (Å²) in [5.74, 6) is -0.240. The highest BCUT2D eigenvalue weighted by molar-refractivity contribution is 7.89. The van der Waals surface area contributed by atoms with Crippen LogP contribution in [-0.2, 0) is 14.8 Å². The molecule has 10 heteroatoms. The average Bonchev–Trinajstić information content (AvgIpc) is 3.38. The number of hydrogen-bond acceptors (Lipinski definition) is 6. The van der Waals surface area contributed by atoms with Crippen LogP contribution in [0.15, 0.2) is 57.8 Å². The van der Waals surface area contributed by atoms with E-state index < -0.39 is 22.0 Å². The van der Waals surface area contributed by atoms with Crippen molar-refractivity contribution in [3.8, 4) is 11.5 Å². The zero-order chi connectivity index (χ0) is 21.3. The fourth-order valence-corrected chi connectivity index (χ4v) is 5.17. The number of sulfonamides is 1. The van der Waals surface area contributed by atoms with Gasteiger partial charge < -0.3 is 4.42 Å². The summed E-state index contributed by atoms with van der Waals surface area (Å²) in [5.41, 5.74) is 1.76. The second kappa shape index (κ2) is 8.17. The van der Waals surface area contributed by atoms with Gasteiger partial charge in [0.1, 0.15) is 6.04 Å². The number of hydrogen-bond donors (Lipinski definition) is 1. The molecule has 0 bridgehead atoms. The van der Waals surface area contributed by atoms with E-state index in [1.165, 1.54) is 28.6 Å². The van der Waals surface area contributed by atoms with E-state index in [2.05, 4.69) is 15.5 Å². The lowest BCUT2D eigenvalue weighted by Gasteiger charge is -2.22. The van der Waals surface area contributed by atoms with Gasteiger partial charge in [0.15, 0.2) is 0 Å². The minimum atomic E-state index is -3.84. The van der Waals surface area contributed by atoms with Gasteiger partial charge in [-0.25, -0.2) is 8.42 Å². The Labute approximate surface area is 178 Å². The first-order chi connectivity index (χ1) is 14.3. The highest BCUT2D eigenvalue weighted by Gasteiger charge is 2.39. The molecule has 1 aliphatic heterocycles. The second-order valence-electron chi connectivity index (χ2n) is 7.00. The van der Waals surface area contributed by atoms with Gasteiger partial charge in [0.05, 0.1) is 4.90 Å². The Morgan fingerprint density at radius 2 is 1.97 bits per heavy atom. The van der Waals surface area contributed by atoms with Crippen molar-refractivity contribution in [2.75, 3.05) is 11.9 Å². The minimum Gasteiger partial charge on any atom is -0.403 e. The molecule has 1 atom stereocenters. The maximum absolute atomic E-state index is 13.0. The molecule has 1 aliphatic rings. The SMILES string of the molecule is Cc1cccc(-c2nnc(NC(=O)C3CCCN3S(=O)(=O)c3ccc(Cl)cc3)o2)c1. The normalized spacial score (nSPS) is 17.2. The molecule has 1 N–H and O–H groups in total. The number of amides is 1. The predicted molar refractivity (Wildman–Crippen MR) is 111 cm³/mol. The third-order valence-corrected chi connectivity index (χ3v) is 7.02. The van der Waals surface area contributed by atoms with Gasteiger partial charge in [0.25, 0.3) is 0 Å². The van der Waals surface area contributed by atoms with E-state index in [-0.39, 0.29) is 23.3 Å². The van der Waals surface area contributed by atoms with Gasteiger partial charge >= 0.3 is 6.01 Å². The van der Waals surface area contributed by atoms with Gasteiger partial charge in [-0.15, -0.1) is 5.10 Å². The molecule has 30 heavy (non-hydrogen) atoms. The van der Waals surface area contributed by atoms with Gasteiger partial charge in [-0.05, 0) is 56.2 Å². The molecule has 2 aromatic carbocycles. The predicted octanol–water partition coefficient (Wildman–Crippen LogP) is 3.49. The van der Waals surface area contributed by atoms with E-state index in [4.69, 9.17) is 16.0 Å². The number of aryl methyl sites for hydroxylation is 1. The van der Waals surface area contributed by atoms with Crippen molar-refractivity contribution < 1.29 is 17.6 Å². The first-order valence-corrected chi connectivity index (χ1v) is 11.2. The Balaban J connectivity index is 1.51. The highest BCUT2D eigenvalue weighted by Crippen LogP contribution is 2.28. The van der Waals surface area contributed by atoms with Gasteiger partial charge in [0.2, 0.25) is 21.8 Å². The summed E-state index contributed by atoms with van der Waals surface area (Å²) < 4.78 is 32.7. The zero-order valence-electron chi connectivity index (χ0n) is 16.1. The Kier molecular flexibility index (Phi) is 5.59. The molecule has 0 aliphatic carbocycles. The van der Waals surface area contributed by atoms with Gasteiger partial charge in [-0.3, -0.25) is 10.1 Å². The van der Waals surface area contributed by atoms with Crippen molar-refractivity contribution in [2.45, 2.75) is 30.7 Å². The molecule has 8 nitrogen and oxygen atoms in total. The molecular weight excluding hydrogens is 428 g/mol. The van der Waals surface area contributed by atoms with E-state index in [0.717, 1.165) is 11.1 Å². The van der Waals surface area contributed by atoms with Gasteiger partial charge in [-0.2, -0.15) is 4.31 Å². The summed E-state index contributed by atoms with van der Waals surface area (Å²) in [6.45, 7) is 2.19. The summed E-state index contributed by atoms with van der Waals surface area (Å²) in [4.78, 5) is 12.9. The smallest absolute Gasteiger partial charge is 0.322 e. The fraction of sp³-hybridized carbons (Fsp3) is 0.250. The largest absolute Gasteiger partial charge is 0.403 e. The van der Waals surface area contributed by atoms with Crippen molar-refractivity contribution in [1.29, 1.82) is 0 Å². The molecule has 0 spiro atoms. The summed E-state index contributed by atoms with van der Waals surface area (Å²) in [6.07, 6.45) is 0.973. The molecule has 1 saturated heterocycles. The first kappa shape index (κ1) is 20.5. The van der Waals surface area contributed by atoms with E-state index in [9.17, 15) is 13.2 Å². The van der Waals surface area contributed by atoms with Crippen LogP contribution in [0.25, 0.3) is 11.5 Å². The maximum atomic E-state index is 13.0. The van der Waals surface area contributed by atoms with Crippen molar-refractivity contribution >= 4 is 33.5 Å². The molecule has 4 rings (SSSR count). The van der Waals surface area contributed by atoms with Crippen LogP contribution in [0.3, 0.4) is 0 Å². The molecule has 1 amide bonds. The highest BCUT2D eigenvalue weighted by atomic mass is 35.5. The number of carbonyl (C=O) groups is 1. The van der Waals surface area contributed by atoms with Crippen LogP contribution in [0.4, 0.5) is 6.01 Å². The fourth-order valence-electron chi connectivity index (χ4n) is 3.39. The van der Waals surface area contributed by atoms with E-state index in [1.807, 2.05) is 31.2 Å². The van der Waals surface area contributed by atoms with Crippen LogP contribution >= 0.6 is 11.6 Å². The molecule has 0 radical (unpaired) electrons. The van der Waals surface area contributed by atoms with Crippen molar-refractivity contribution in [2.24, 2.45) is 0 Å². The Bertz CT molecular complexity index is 1180. The number of nitrogens with one attached hydrogen (secondary N) is 1. The van der Waals surface area contributed by atoms with E-state index in [0.29, 0.717) is 17.9 Å². The number of benzene rings is 2. The summed E-state index contributed by atoms with van der Waals surface area (Å²) >= 11 is 5.85. The lowest BCUT2D eigenvalue weighted by molar-refractivity contribution is -0.119. The molecular formula is C20H19ClN4O4S. The summed E-state index contributed by atoms with van der Waals surface area (Å²) in [6, 6.07) is 12.4. The molecule has 1 aromatic heterocycles. The van der Waals surface area contributed by atoms with Gasteiger partial charge in [0, 0.05) is 17.1 Å². The van der Waals surface area contributed by atoms with Crippen molar-refractivity contribution in [3.05, 3.63) is 59.1 Å². The lowest BCUT2D eigenvalue weighted by Crippen LogP contribution is -2.43. The van der Waals surface area contributed by atoms with E-state index in [1.54, 1.807) is 0 Å². The molecule has 3 aromatic rings. The quantitative estimate of drug-likeness (QED) is 0.643. The van der Waals surface area contributed by atoms with Crippen LogP contribution in [-0.4, -0.2) is 41.4 Å². The molecule has 156 valence electrons. The number of anilines is 1. The Hall–Kier alpha value is -2.75. The van der Waals surface area contributed by atoms with Crippen LogP contribution in [0.5, 0.6) is 0 Å². The standard InChI is InChI=1S/C20H19ClN4O4S/c1-13-4-2-5-14(12-13)19-23-24-20(29-19)22-18(26)17-6-3-11-25(17)30(27,28)16-9-7-15(21)8-10-16/h2,4-5,7-10,12,17H,3,6,11H2,1H3,(H,22,24,26). The molecule has 1 unspecified atom stereocenters. The van der Waals surface area contributed by atoms with E-state index >= 15 is 0 Å². The monoisotopic (exact) mass is 446 g/mol. The Morgan fingerprint density at radius 1 is 1.20 bits per heavy atom. The van der Waals surface area contributed by atoms with Crippen molar-refractivity contribution in [3.63, 3.8) is 0 Å². The minimum absolute atomic E-state index is 0.0766. The lowest BCUT2D eigenvalue weighted by atomic mass is 10.1. The summed E-state index contributed by atoms with van der Waals surface area (Å²) in [7, 11) is -3.84. The number of rotatable bonds is 5. The third kappa shape index (κ3) is 4.09. The third-order valence-electron chi connectivity index (χ3n) is 4.85. The number of nitrogens with zero attached hydrogens (tertiary/aromatic N) is 3. The molecule has 2 heterocycles. The van der Waals surface area contributed by atoms with Gasteiger partial charge in [-0.1, -0.05) is 34.4 Å². The van der Waals surface area contributed by atoms with Crippen molar-refractivity contribution in [1.82, 2.24) is 14.5 Å².